The molecule has 0 aromatic rings. The molecule has 0 aliphatic heterocycles. The van der Waals surface area contributed by atoms with Crippen molar-refractivity contribution in [2.24, 2.45) is 0 Å². The van der Waals surface area contributed by atoms with Gasteiger partial charge in [0, 0.05) is 33.2 Å². The van der Waals surface area contributed by atoms with Crippen LogP contribution < -0.4 is 10.6 Å². The summed E-state index contributed by atoms with van der Waals surface area (Å²) in [5.41, 5.74) is 0. The van der Waals surface area contributed by atoms with Crippen LogP contribution in [-0.2, 0) is 9.53 Å². The summed E-state index contributed by atoms with van der Waals surface area (Å²) in [5.74, 6) is 0.135. The van der Waals surface area contributed by atoms with E-state index in [4.69, 9.17) is 4.74 Å². The highest BCUT2D eigenvalue weighted by Crippen LogP contribution is 1.83. The Kier molecular flexibility index (Phi) is 9.03. The molecule has 1 amide bonds. The monoisotopic (exact) mass is 188 g/mol. The quantitative estimate of drug-likeness (QED) is 0.533. The summed E-state index contributed by atoms with van der Waals surface area (Å²) in [5, 5.41) is 5.96. The molecule has 0 aromatic carbocycles. The van der Waals surface area contributed by atoms with Gasteiger partial charge in [-0.25, -0.2) is 0 Å². The van der Waals surface area contributed by atoms with E-state index in [2.05, 4.69) is 10.6 Å². The fraction of sp³-hybridized carbons (Fsp3) is 0.889. The Morgan fingerprint density at radius 3 is 2.69 bits per heavy atom. The normalized spacial score (nSPS) is 10.0. The number of nitrogens with one attached hydrogen (secondary N) is 2. The first-order valence-electron chi connectivity index (χ1n) is 4.77. The van der Waals surface area contributed by atoms with Gasteiger partial charge in [0.1, 0.15) is 0 Å². The van der Waals surface area contributed by atoms with Gasteiger partial charge in [0.25, 0.3) is 0 Å². The lowest BCUT2D eigenvalue weighted by atomic mass is 10.3. The van der Waals surface area contributed by atoms with Crippen LogP contribution in [0.2, 0.25) is 0 Å². The zero-order valence-electron chi connectivity index (χ0n) is 8.56. The van der Waals surface area contributed by atoms with Crippen molar-refractivity contribution in [1.29, 1.82) is 0 Å². The second-order valence-corrected chi connectivity index (χ2v) is 2.84. The molecule has 0 fully saturated rings. The summed E-state index contributed by atoms with van der Waals surface area (Å²) in [4.78, 5) is 11.0. The molecule has 78 valence electrons. The molecule has 0 spiro atoms. The Morgan fingerprint density at radius 1 is 1.31 bits per heavy atom. The summed E-state index contributed by atoms with van der Waals surface area (Å²) >= 11 is 0. The number of methoxy groups -OCH3 is 1. The van der Waals surface area contributed by atoms with Gasteiger partial charge in [-0.2, -0.15) is 0 Å². The molecule has 2 N–H and O–H groups in total. The molecule has 0 unspecified atom stereocenters. The zero-order chi connectivity index (χ0) is 9.94. The van der Waals surface area contributed by atoms with E-state index in [1.54, 1.807) is 7.11 Å². The van der Waals surface area contributed by atoms with Crippen molar-refractivity contribution in [2.45, 2.75) is 19.8 Å². The molecule has 0 aliphatic rings. The van der Waals surface area contributed by atoms with Crippen LogP contribution in [0.1, 0.15) is 19.8 Å². The number of hydrogen-bond acceptors (Lipinski definition) is 3. The van der Waals surface area contributed by atoms with Crippen LogP contribution in [0.15, 0.2) is 0 Å². The fourth-order valence-electron chi connectivity index (χ4n) is 0.905. The molecule has 0 radical (unpaired) electrons. The minimum absolute atomic E-state index is 0.135. The van der Waals surface area contributed by atoms with Gasteiger partial charge in [-0.15, -0.1) is 0 Å². The first-order chi connectivity index (χ1) is 6.31. The molecule has 4 nitrogen and oxygen atoms in total. The van der Waals surface area contributed by atoms with E-state index in [0.29, 0.717) is 19.6 Å². The minimum atomic E-state index is 0.135. The Morgan fingerprint density at radius 2 is 2.08 bits per heavy atom. The molecule has 0 heterocycles. The number of ether oxygens (including phenoxy) is 1. The Bertz CT molecular complexity index is 129. The van der Waals surface area contributed by atoms with Crippen molar-refractivity contribution in [1.82, 2.24) is 10.6 Å². The number of carbonyl (C=O) groups is 1. The smallest absolute Gasteiger partial charge is 0.220 e. The number of carbonyl (C=O) groups excluding carboxylic acids is 1. The first kappa shape index (κ1) is 12.4. The highest BCUT2D eigenvalue weighted by atomic mass is 16.5. The SMILES string of the molecule is CCCC(=O)NCCNCCOC. The standard InChI is InChI=1S/C9H20N2O2/c1-3-4-9(12)11-6-5-10-7-8-13-2/h10H,3-8H2,1-2H3,(H,11,12). The highest BCUT2D eigenvalue weighted by molar-refractivity contribution is 5.75. The van der Waals surface area contributed by atoms with Gasteiger partial charge in [-0.3, -0.25) is 4.79 Å². The minimum Gasteiger partial charge on any atom is -0.383 e. The van der Waals surface area contributed by atoms with Gasteiger partial charge >= 0.3 is 0 Å². The van der Waals surface area contributed by atoms with E-state index in [9.17, 15) is 4.79 Å². The van der Waals surface area contributed by atoms with Crippen molar-refractivity contribution in [2.75, 3.05) is 33.4 Å². The van der Waals surface area contributed by atoms with Crippen molar-refractivity contribution in [3.8, 4) is 0 Å². The van der Waals surface area contributed by atoms with Crippen molar-refractivity contribution >= 4 is 5.91 Å². The van der Waals surface area contributed by atoms with Crippen LogP contribution in [-0.4, -0.2) is 39.3 Å². The summed E-state index contributed by atoms with van der Waals surface area (Å²) in [7, 11) is 1.67. The van der Waals surface area contributed by atoms with Crippen LogP contribution in [0.4, 0.5) is 0 Å². The third-order valence-electron chi connectivity index (χ3n) is 1.58. The lowest BCUT2D eigenvalue weighted by molar-refractivity contribution is -0.121. The van der Waals surface area contributed by atoms with Crippen LogP contribution in [0.5, 0.6) is 0 Å². The topological polar surface area (TPSA) is 50.4 Å². The third-order valence-corrected chi connectivity index (χ3v) is 1.58. The van der Waals surface area contributed by atoms with E-state index in [1.165, 1.54) is 0 Å². The van der Waals surface area contributed by atoms with Gasteiger partial charge in [-0.1, -0.05) is 6.92 Å². The Labute approximate surface area is 80.0 Å². The lowest BCUT2D eigenvalue weighted by Gasteiger charge is -2.05. The van der Waals surface area contributed by atoms with Crippen LogP contribution in [0, 0.1) is 0 Å². The molecular weight excluding hydrogens is 168 g/mol. The van der Waals surface area contributed by atoms with Crippen LogP contribution >= 0.6 is 0 Å². The van der Waals surface area contributed by atoms with E-state index in [0.717, 1.165) is 19.5 Å². The lowest BCUT2D eigenvalue weighted by Crippen LogP contribution is -2.32. The summed E-state index contributed by atoms with van der Waals surface area (Å²) in [6.45, 7) is 5.04. The summed E-state index contributed by atoms with van der Waals surface area (Å²) < 4.78 is 4.86. The second kappa shape index (κ2) is 9.48. The van der Waals surface area contributed by atoms with Gasteiger partial charge < -0.3 is 15.4 Å². The molecule has 0 bridgehead atoms. The zero-order valence-corrected chi connectivity index (χ0v) is 8.56. The molecule has 4 heteroatoms. The number of hydrogen-bond donors (Lipinski definition) is 2. The van der Waals surface area contributed by atoms with Crippen molar-refractivity contribution in [3.05, 3.63) is 0 Å². The predicted molar refractivity (Wildman–Crippen MR) is 52.7 cm³/mol. The van der Waals surface area contributed by atoms with Gasteiger partial charge in [0.05, 0.1) is 6.61 Å². The average molecular weight is 188 g/mol. The molecule has 0 aromatic heterocycles. The highest BCUT2D eigenvalue weighted by Gasteiger charge is 1.96. The van der Waals surface area contributed by atoms with E-state index >= 15 is 0 Å². The second-order valence-electron chi connectivity index (χ2n) is 2.84. The molecule has 0 saturated heterocycles. The third kappa shape index (κ3) is 9.30. The van der Waals surface area contributed by atoms with E-state index < -0.39 is 0 Å². The van der Waals surface area contributed by atoms with Crippen LogP contribution in [0.25, 0.3) is 0 Å². The summed E-state index contributed by atoms with van der Waals surface area (Å²) in [6, 6.07) is 0. The molecule has 13 heavy (non-hydrogen) atoms. The molecular formula is C9H20N2O2. The Hall–Kier alpha value is -0.610. The first-order valence-corrected chi connectivity index (χ1v) is 4.77. The fourth-order valence-corrected chi connectivity index (χ4v) is 0.905. The van der Waals surface area contributed by atoms with Crippen molar-refractivity contribution < 1.29 is 9.53 Å². The predicted octanol–water partition coefficient (Wildman–Crippen LogP) is 0.139. The Balaban J connectivity index is 3.02. The maximum absolute atomic E-state index is 11.0. The largest absolute Gasteiger partial charge is 0.383 e. The van der Waals surface area contributed by atoms with Crippen molar-refractivity contribution in [3.63, 3.8) is 0 Å². The average Bonchev–Trinajstić information content (AvgIpc) is 2.11. The molecule has 0 rings (SSSR count). The number of amides is 1. The molecule has 0 saturated carbocycles. The van der Waals surface area contributed by atoms with Crippen LogP contribution in [0.3, 0.4) is 0 Å². The molecule has 0 aliphatic carbocycles. The van der Waals surface area contributed by atoms with Gasteiger partial charge in [-0.05, 0) is 6.42 Å². The molecule has 0 atom stereocenters. The maximum Gasteiger partial charge on any atom is 0.220 e. The van der Waals surface area contributed by atoms with E-state index in [1.807, 2.05) is 6.92 Å². The van der Waals surface area contributed by atoms with Gasteiger partial charge in [0.15, 0.2) is 0 Å². The maximum atomic E-state index is 11.0. The van der Waals surface area contributed by atoms with Gasteiger partial charge in [0.2, 0.25) is 5.91 Å². The summed E-state index contributed by atoms with van der Waals surface area (Å²) in [6.07, 6.45) is 1.53. The number of rotatable bonds is 8. The van der Waals surface area contributed by atoms with E-state index in [-0.39, 0.29) is 5.91 Å².